The van der Waals surface area contributed by atoms with Crippen molar-refractivity contribution in [3.05, 3.63) is 5.01 Å². The highest BCUT2D eigenvalue weighted by molar-refractivity contribution is 7.15. The third kappa shape index (κ3) is 4.81. The predicted molar refractivity (Wildman–Crippen MR) is 88.0 cm³/mol. The van der Waals surface area contributed by atoms with Gasteiger partial charge in [-0.2, -0.15) is 13.2 Å². The zero-order chi connectivity index (χ0) is 18.6. The average molecular weight is 399 g/mol. The second-order valence-electron chi connectivity index (χ2n) is 5.73. The lowest BCUT2D eigenvalue weighted by atomic mass is 10.00. The van der Waals surface area contributed by atoms with Gasteiger partial charge in [-0.3, -0.25) is 9.69 Å². The molecule has 0 aromatic carbocycles. The number of hydrogen-bond donors (Lipinski definition) is 0. The van der Waals surface area contributed by atoms with E-state index in [0.717, 1.165) is 17.7 Å². The SMILES string of the molecule is CN1CCC(C(=O)CCCCCCl)N(c2nnc(C(F)(F)F)s2)C1=O. The first-order valence-corrected chi connectivity index (χ1v) is 9.14. The summed E-state index contributed by atoms with van der Waals surface area (Å²) >= 11 is 5.86. The van der Waals surface area contributed by atoms with Crippen LogP contribution in [0.5, 0.6) is 0 Å². The Morgan fingerprint density at radius 2 is 2.04 bits per heavy atom. The van der Waals surface area contributed by atoms with Gasteiger partial charge in [0.05, 0.1) is 0 Å². The highest BCUT2D eigenvalue weighted by atomic mass is 35.5. The summed E-state index contributed by atoms with van der Waals surface area (Å²) < 4.78 is 38.3. The van der Waals surface area contributed by atoms with E-state index in [2.05, 4.69) is 10.2 Å². The van der Waals surface area contributed by atoms with Crippen molar-refractivity contribution in [3.8, 4) is 0 Å². The monoisotopic (exact) mass is 398 g/mol. The molecular formula is C14H18ClF3N4O2S. The second-order valence-corrected chi connectivity index (χ2v) is 7.07. The van der Waals surface area contributed by atoms with Gasteiger partial charge in [-0.1, -0.05) is 17.8 Å². The molecule has 6 nitrogen and oxygen atoms in total. The van der Waals surface area contributed by atoms with E-state index >= 15 is 0 Å². The molecule has 1 fully saturated rings. The minimum atomic E-state index is -4.64. The van der Waals surface area contributed by atoms with E-state index in [1.165, 1.54) is 11.9 Å². The Morgan fingerprint density at radius 1 is 1.32 bits per heavy atom. The molecule has 0 radical (unpaired) electrons. The number of carbonyl (C=O) groups is 2. The molecule has 25 heavy (non-hydrogen) atoms. The Labute approximate surface area is 151 Å². The van der Waals surface area contributed by atoms with Gasteiger partial charge in [-0.15, -0.1) is 21.8 Å². The van der Waals surface area contributed by atoms with Crippen molar-refractivity contribution in [2.24, 2.45) is 0 Å². The summed E-state index contributed by atoms with van der Waals surface area (Å²) in [6.45, 7) is 0.359. The maximum absolute atomic E-state index is 12.8. The molecule has 2 rings (SSSR count). The zero-order valence-electron chi connectivity index (χ0n) is 13.6. The van der Waals surface area contributed by atoms with Crippen LogP contribution in [0.4, 0.5) is 23.1 Å². The number of amides is 2. The number of anilines is 1. The van der Waals surface area contributed by atoms with Crippen molar-refractivity contribution in [2.75, 3.05) is 24.4 Å². The van der Waals surface area contributed by atoms with Gasteiger partial charge in [0.25, 0.3) is 0 Å². The fourth-order valence-corrected chi connectivity index (χ4v) is 3.49. The van der Waals surface area contributed by atoms with Gasteiger partial charge < -0.3 is 4.90 Å². The summed E-state index contributed by atoms with van der Waals surface area (Å²) in [5.74, 6) is 0.331. The molecule has 2 amide bonds. The van der Waals surface area contributed by atoms with Crippen molar-refractivity contribution in [1.82, 2.24) is 15.1 Å². The van der Waals surface area contributed by atoms with Crippen LogP contribution in [0.15, 0.2) is 0 Å². The van der Waals surface area contributed by atoms with E-state index in [0.29, 0.717) is 25.3 Å². The Bertz CT molecular complexity index is 625. The summed E-state index contributed by atoms with van der Waals surface area (Å²) in [6, 6.07) is -1.36. The van der Waals surface area contributed by atoms with Gasteiger partial charge in [0.1, 0.15) is 6.04 Å². The maximum atomic E-state index is 12.8. The van der Waals surface area contributed by atoms with Gasteiger partial charge in [0.2, 0.25) is 10.1 Å². The van der Waals surface area contributed by atoms with E-state index in [1.54, 1.807) is 0 Å². The van der Waals surface area contributed by atoms with Gasteiger partial charge >= 0.3 is 12.2 Å². The van der Waals surface area contributed by atoms with Gasteiger partial charge in [-0.05, 0) is 19.3 Å². The fourth-order valence-electron chi connectivity index (χ4n) is 2.54. The van der Waals surface area contributed by atoms with E-state index in [1.807, 2.05) is 0 Å². The standard InChI is InChI=1S/C14H18ClF3N4O2S/c1-21-8-6-9(10(23)5-3-2-4-7-15)22(13(21)24)12-20-19-11(25-12)14(16,17)18/h9H,2-8H2,1H3. The smallest absolute Gasteiger partial charge is 0.327 e. The first-order chi connectivity index (χ1) is 11.8. The molecule has 11 heteroatoms. The highest BCUT2D eigenvalue weighted by Crippen LogP contribution is 2.36. The molecule has 0 spiro atoms. The van der Waals surface area contributed by atoms with Crippen LogP contribution in [0.2, 0.25) is 0 Å². The van der Waals surface area contributed by atoms with Crippen molar-refractivity contribution in [3.63, 3.8) is 0 Å². The van der Waals surface area contributed by atoms with Crippen molar-refractivity contribution in [1.29, 1.82) is 0 Å². The lowest BCUT2D eigenvalue weighted by Gasteiger charge is -2.37. The number of nitrogens with zero attached hydrogens (tertiary/aromatic N) is 4. The molecule has 1 aliphatic heterocycles. The van der Waals surface area contributed by atoms with Crippen molar-refractivity contribution < 1.29 is 22.8 Å². The number of alkyl halides is 4. The number of carbonyl (C=O) groups excluding carboxylic acids is 2. The number of ketones is 1. The van der Waals surface area contributed by atoms with Crippen molar-refractivity contribution in [2.45, 2.75) is 44.3 Å². The number of aromatic nitrogens is 2. The molecule has 1 unspecified atom stereocenters. The summed E-state index contributed by atoms with van der Waals surface area (Å²) in [5, 5.41) is 5.25. The van der Waals surface area contributed by atoms with Gasteiger partial charge in [0.15, 0.2) is 5.78 Å². The molecule has 1 atom stereocenters. The van der Waals surface area contributed by atoms with Crippen LogP contribution in [0.25, 0.3) is 0 Å². The lowest BCUT2D eigenvalue weighted by molar-refractivity contribution is -0.138. The number of Topliss-reactive ketones (excluding diaryl/α,β-unsaturated/α-hetero) is 1. The highest BCUT2D eigenvalue weighted by Gasteiger charge is 2.41. The Kier molecular flexibility index (Phi) is 6.61. The molecule has 0 bridgehead atoms. The van der Waals surface area contributed by atoms with Gasteiger partial charge in [-0.25, -0.2) is 4.79 Å². The molecule has 2 heterocycles. The van der Waals surface area contributed by atoms with Crippen molar-refractivity contribution >= 4 is 39.9 Å². The minimum Gasteiger partial charge on any atom is -0.327 e. The van der Waals surface area contributed by atoms with Crippen LogP contribution in [-0.4, -0.2) is 52.4 Å². The normalized spacial score (nSPS) is 18.8. The van der Waals surface area contributed by atoms with Crippen LogP contribution in [0, 0.1) is 0 Å². The number of urea groups is 1. The van der Waals surface area contributed by atoms with E-state index in [9.17, 15) is 22.8 Å². The molecular weight excluding hydrogens is 381 g/mol. The van der Waals surface area contributed by atoms with Crippen LogP contribution in [0.3, 0.4) is 0 Å². The molecule has 0 aliphatic carbocycles. The largest absolute Gasteiger partial charge is 0.445 e. The van der Waals surface area contributed by atoms with Crippen LogP contribution < -0.4 is 4.90 Å². The molecule has 1 aliphatic rings. The predicted octanol–water partition coefficient (Wildman–Crippen LogP) is 3.56. The molecule has 1 aromatic heterocycles. The van der Waals surface area contributed by atoms with E-state index in [-0.39, 0.29) is 28.7 Å². The quantitative estimate of drug-likeness (QED) is 0.520. The lowest BCUT2D eigenvalue weighted by Crippen LogP contribution is -2.56. The number of rotatable bonds is 7. The number of unbranched alkanes of at least 4 members (excludes halogenated alkanes) is 2. The summed E-state index contributed by atoms with van der Waals surface area (Å²) in [6.07, 6.45) is -1.84. The van der Waals surface area contributed by atoms with Crippen LogP contribution in [0.1, 0.15) is 37.1 Å². The Morgan fingerprint density at radius 3 is 2.64 bits per heavy atom. The molecule has 140 valence electrons. The Hall–Kier alpha value is -1.42. The van der Waals surface area contributed by atoms with Crippen LogP contribution in [-0.2, 0) is 11.0 Å². The summed E-state index contributed by atoms with van der Waals surface area (Å²) in [7, 11) is 1.53. The zero-order valence-corrected chi connectivity index (χ0v) is 15.1. The molecule has 0 N–H and O–H groups in total. The third-order valence-electron chi connectivity index (χ3n) is 3.87. The van der Waals surface area contributed by atoms with Gasteiger partial charge in [0, 0.05) is 25.9 Å². The first kappa shape index (κ1) is 19.9. The Balaban J connectivity index is 2.18. The number of halogens is 4. The maximum Gasteiger partial charge on any atom is 0.445 e. The summed E-state index contributed by atoms with van der Waals surface area (Å²) in [4.78, 5) is 27.3. The van der Waals surface area contributed by atoms with E-state index in [4.69, 9.17) is 11.6 Å². The third-order valence-corrected chi connectivity index (χ3v) is 5.11. The molecule has 0 saturated carbocycles. The molecule has 1 saturated heterocycles. The minimum absolute atomic E-state index is 0.181. The number of hydrogen-bond acceptors (Lipinski definition) is 5. The fraction of sp³-hybridized carbons (Fsp3) is 0.714. The first-order valence-electron chi connectivity index (χ1n) is 7.79. The average Bonchev–Trinajstić information content (AvgIpc) is 3.03. The van der Waals surface area contributed by atoms with E-state index < -0.39 is 23.3 Å². The second kappa shape index (κ2) is 8.31. The summed E-state index contributed by atoms with van der Waals surface area (Å²) in [5.41, 5.74) is 0. The van der Waals surface area contributed by atoms with Crippen LogP contribution >= 0.6 is 22.9 Å². The molecule has 1 aromatic rings. The topological polar surface area (TPSA) is 66.4 Å².